The lowest BCUT2D eigenvalue weighted by atomic mass is 10.1. The van der Waals surface area contributed by atoms with Gasteiger partial charge in [0.15, 0.2) is 0 Å². The molecule has 0 aliphatic rings. The Labute approximate surface area is 128 Å². The molecule has 0 N–H and O–H groups in total. The van der Waals surface area contributed by atoms with Crippen molar-refractivity contribution in [3.63, 3.8) is 0 Å². The fourth-order valence-electron chi connectivity index (χ4n) is 2.55. The van der Waals surface area contributed by atoms with Gasteiger partial charge in [-0.25, -0.2) is 9.78 Å². The molecule has 0 aliphatic carbocycles. The largest absolute Gasteiger partial charge is 0.335 e. The summed E-state index contributed by atoms with van der Waals surface area (Å²) in [6.45, 7) is 6.11. The van der Waals surface area contributed by atoms with Crippen molar-refractivity contribution in [2.45, 2.75) is 39.5 Å². The monoisotopic (exact) mass is 297 g/mol. The van der Waals surface area contributed by atoms with Gasteiger partial charge in [0.25, 0.3) is 0 Å². The van der Waals surface area contributed by atoms with Gasteiger partial charge in [-0.2, -0.15) is 4.73 Å². The number of aromatic nitrogens is 3. The van der Waals surface area contributed by atoms with Crippen LogP contribution in [0.15, 0.2) is 30.6 Å². The highest BCUT2D eigenvalue weighted by atomic mass is 16.7. The first kappa shape index (κ1) is 14.5. The van der Waals surface area contributed by atoms with Crippen LogP contribution < -0.4 is 4.84 Å². The molecule has 0 unspecified atom stereocenters. The highest BCUT2D eigenvalue weighted by Crippen LogP contribution is 2.28. The van der Waals surface area contributed by atoms with E-state index in [4.69, 9.17) is 9.82 Å². The van der Waals surface area contributed by atoms with E-state index in [0.29, 0.717) is 6.42 Å². The zero-order valence-electron chi connectivity index (χ0n) is 13.0. The average Bonchev–Trinajstić information content (AvgIpc) is 2.90. The van der Waals surface area contributed by atoms with Crippen LogP contribution in [0.2, 0.25) is 0 Å². The van der Waals surface area contributed by atoms with Crippen molar-refractivity contribution < 1.29 is 9.63 Å². The molecular weight excluding hydrogens is 278 g/mol. The van der Waals surface area contributed by atoms with Crippen molar-refractivity contribution in [2.75, 3.05) is 0 Å². The van der Waals surface area contributed by atoms with E-state index in [-0.39, 0.29) is 11.9 Å². The van der Waals surface area contributed by atoms with Gasteiger partial charge in [-0.3, -0.25) is 4.98 Å². The van der Waals surface area contributed by atoms with E-state index < -0.39 is 0 Å². The fourth-order valence-corrected chi connectivity index (χ4v) is 2.55. The molecule has 0 atom stereocenters. The predicted octanol–water partition coefficient (Wildman–Crippen LogP) is 3.46. The summed E-state index contributed by atoms with van der Waals surface area (Å²) in [5.41, 5.74) is 3.39. The first-order valence-electron chi connectivity index (χ1n) is 7.58. The number of carbonyl (C=O) groups is 1. The Hall–Kier alpha value is -2.43. The van der Waals surface area contributed by atoms with E-state index in [9.17, 15) is 4.79 Å². The number of carbonyl (C=O) groups excluding carboxylic acids is 1. The number of fused-ring (bicyclic) bond motifs is 3. The smallest absolute Gasteiger partial charge is 0.332 e. The van der Waals surface area contributed by atoms with Crippen molar-refractivity contribution >= 4 is 27.9 Å². The van der Waals surface area contributed by atoms with Crippen LogP contribution in [0.1, 0.15) is 45.2 Å². The van der Waals surface area contributed by atoms with Gasteiger partial charge in [0.05, 0.1) is 11.2 Å². The first-order chi connectivity index (χ1) is 10.6. The molecule has 3 aromatic rings. The molecule has 1 aromatic carbocycles. The van der Waals surface area contributed by atoms with Gasteiger partial charge in [0, 0.05) is 11.8 Å². The molecule has 0 radical (unpaired) electrons. The SMILES string of the molecule is CCCC(=O)On1cnc2c(C(C)C)nc3ccccc3c21. The Kier molecular flexibility index (Phi) is 3.79. The quantitative estimate of drug-likeness (QED) is 0.740. The molecule has 5 nitrogen and oxygen atoms in total. The molecule has 0 saturated heterocycles. The molecule has 5 heteroatoms. The van der Waals surface area contributed by atoms with E-state index in [2.05, 4.69) is 18.8 Å². The highest BCUT2D eigenvalue weighted by Gasteiger charge is 2.17. The summed E-state index contributed by atoms with van der Waals surface area (Å²) in [4.78, 5) is 26.4. The summed E-state index contributed by atoms with van der Waals surface area (Å²) in [7, 11) is 0. The van der Waals surface area contributed by atoms with Gasteiger partial charge in [-0.05, 0) is 18.4 Å². The molecule has 2 heterocycles. The third-order valence-corrected chi connectivity index (χ3v) is 3.58. The summed E-state index contributed by atoms with van der Waals surface area (Å²) in [6, 6.07) is 7.84. The topological polar surface area (TPSA) is 57.0 Å². The summed E-state index contributed by atoms with van der Waals surface area (Å²) in [6.07, 6.45) is 2.70. The lowest BCUT2D eigenvalue weighted by Crippen LogP contribution is -2.18. The van der Waals surface area contributed by atoms with E-state index in [1.54, 1.807) is 6.33 Å². The van der Waals surface area contributed by atoms with Gasteiger partial charge >= 0.3 is 5.97 Å². The van der Waals surface area contributed by atoms with Gasteiger partial charge in [-0.15, -0.1) is 0 Å². The minimum Gasteiger partial charge on any atom is -0.335 e. The van der Waals surface area contributed by atoms with Crippen LogP contribution in [0.4, 0.5) is 0 Å². The number of pyridine rings is 1. The molecular formula is C17H19N3O2. The summed E-state index contributed by atoms with van der Waals surface area (Å²) in [5, 5.41) is 0.934. The number of hydrogen-bond acceptors (Lipinski definition) is 4. The highest BCUT2D eigenvalue weighted by molar-refractivity contribution is 6.03. The van der Waals surface area contributed by atoms with Crippen LogP contribution in [0, 0.1) is 0 Å². The van der Waals surface area contributed by atoms with E-state index >= 15 is 0 Å². The Balaban J connectivity index is 2.25. The average molecular weight is 297 g/mol. The van der Waals surface area contributed by atoms with Crippen LogP contribution in [-0.2, 0) is 4.79 Å². The zero-order chi connectivity index (χ0) is 15.7. The van der Waals surface area contributed by atoms with Gasteiger partial charge in [0.2, 0.25) is 0 Å². The third-order valence-electron chi connectivity index (χ3n) is 3.58. The van der Waals surface area contributed by atoms with Gasteiger partial charge in [0.1, 0.15) is 17.4 Å². The van der Waals surface area contributed by atoms with Crippen LogP contribution in [0.25, 0.3) is 21.9 Å². The molecule has 22 heavy (non-hydrogen) atoms. The third kappa shape index (κ3) is 2.43. The predicted molar refractivity (Wildman–Crippen MR) is 85.6 cm³/mol. The van der Waals surface area contributed by atoms with E-state index in [1.807, 2.05) is 31.2 Å². The van der Waals surface area contributed by atoms with Crippen LogP contribution in [-0.4, -0.2) is 20.7 Å². The number of benzene rings is 1. The molecule has 0 fully saturated rings. The molecule has 2 aromatic heterocycles. The van der Waals surface area contributed by atoms with Crippen molar-refractivity contribution in [3.05, 3.63) is 36.3 Å². The van der Waals surface area contributed by atoms with E-state index in [0.717, 1.165) is 34.1 Å². The van der Waals surface area contributed by atoms with Crippen LogP contribution >= 0.6 is 0 Å². The normalized spacial score (nSPS) is 11.5. The molecule has 0 saturated carbocycles. The lowest BCUT2D eigenvalue weighted by molar-refractivity contribution is -0.143. The minimum absolute atomic E-state index is 0.238. The second kappa shape index (κ2) is 5.75. The second-order valence-corrected chi connectivity index (χ2v) is 5.65. The number of para-hydroxylation sites is 1. The summed E-state index contributed by atoms with van der Waals surface area (Å²) in [5.74, 6) is -0.0180. The fraction of sp³-hybridized carbons (Fsp3) is 0.353. The van der Waals surface area contributed by atoms with Crippen LogP contribution in [0.5, 0.6) is 0 Å². The maximum atomic E-state index is 11.8. The van der Waals surface area contributed by atoms with Gasteiger partial charge < -0.3 is 4.84 Å². The zero-order valence-corrected chi connectivity index (χ0v) is 13.0. The molecule has 3 rings (SSSR count). The van der Waals surface area contributed by atoms with Crippen molar-refractivity contribution in [2.24, 2.45) is 0 Å². The molecule has 0 bridgehead atoms. The number of imidazole rings is 1. The maximum Gasteiger partial charge on any atom is 0.332 e. The Bertz CT molecular complexity index is 836. The van der Waals surface area contributed by atoms with Crippen molar-refractivity contribution in [1.82, 2.24) is 14.7 Å². The standard InChI is InChI=1S/C17H19N3O2/c1-4-7-14(21)22-20-10-18-16-15(11(2)3)19-13-9-6-5-8-12(13)17(16)20/h5-6,8-11H,4,7H2,1-3H3. The van der Waals surface area contributed by atoms with Crippen molar-refractivity contribution in [1.29, 1.82) is 0 Å². The summed E-state index contributed by atoms with van der Waals surface area (Å²) < 4.78 is 1.48. The summed E-state index contributed by atoms with van der Waals surface area (Å²) >= 11 is 0. The Morgan fingerprint density at radius 2 is 2.09 bits per heavy atom. The minimum atomic E-state index is -0.256. The molecule has 0 spiro atoms. The Morgan fingerprint density at radius 1 is 1.32 bits per heavy atom. The van der Waals surface area contributed by atoms with Crippen molar-refractivity contribution in [3.8, 4) is 0 Å². The van der Waals surface area contributed by atoms with Gasteiger partial charge in [-0.1, -0.05) is 39.0 Å². The van der Waals surface area contributed by atoms with Crippen LogP contribution in [0.3, 0.4) is 0 Å². The molecule has 114 valence electrons. The number of nitrogens with zero attached hydrogens (tertiary/aromatic N) is 3. The Morgan fingerprint density at radius 3 is 2.82 bits per heavy atom. The first-order valence-corrected chi connectivity index (χ1v) is 7.58. The maximum absolute atomic E-state index is 11.8. The molecule has 0 aliphatic heterocycles. The number of rotatable bonds is 4. The molecule has 0 amide bonds. The van der Waals surface area contributed by atoms with E-state index in [1.165, 1.54) is 4.73 Å². The lowest BCUT2D eigenvalue weighted by Gasteiger charge is -2.10. The number of hydrogen-bond donors (Lipinski definition) is 0. The second-order valence-electron chi connectivity index (χ2n) is 5.65.